The number of anilines is 1. The Morgan fingerprint density at radius 1 is 1.58 bits per heavy atom. The van der Waals surface area contributed by atoms with Crippen LogP contribution < -0.4 is 11.1 Å². The van der Waals surface area contributed by atoms with Gasteiger partial charge in [-0.3, -0.25) is 4.79 Å². The highest BCUT2D eigenvalue weighted by Crippen LogP contribution is 2.41. The van der Waals surface area contributed by atoms with E-state index in [1.165, 1.54) is 19.0 Å². The van der Waals surface area contributed by atoms with Crippen LogP contribution in [0.15, 0.2) is 6.20 Å². The van der Waals surface area contributed by atoms with Gasteiger partial charge in [-0.25, -0.2) is 9.97 Å². The molecule has 0 unspecified atom stereocenters. The Hall–Kier alpha value is -1.63. The maximum Gasteiger partial charge on any atom is 0.467 e. The Morgan fingerprint density at radius 3 is 2.79 bits per heavy atom. The highest BCUT2D eigenvalue weighted by molar-refractivity contribution is 7.64. The van der Waals surface area contributed by atoms with Crippen LogP contribution in [0.2, 0.25) is 0 Å². The molecule has 0 aromatic carbocycles. The van der Waals surface area contributed by atoms with Crippen molar-refractivity contribution in [3.63, 3.8) is 0 Å². The molecule has 19 heavy (non-hydrogen) atoms. The van der Waals surface area contributed by atoms with Crippen LogP contribution in [-0.2, 0) is 21.6 Å². The monoisotopic (exact) mass is 281 g/mol. The molecule has 1 aliphatic rings. The lowest BCUT2D eigenvalue weighted by molar-refractivity contribution is 0.100. The highest BCUT2D eigenvalue weighted by Gasteiger charge is 2.38. The van der Waals surface area contributed by atoms with E-state index in [0.717, 1.165) is 0 Å². The van der Waals surface area contributed by atoms with Gasteiger partial charge in [0.05, 0.1) is 5.56 Å². The van der Waals surface area contributed by atoms with Crippen LogP contribution in [0, 0.1) is 5.92 Å². The minimum absolute atomic E-state index is 0.152. The molecule has 6 nitrogen and oxygen atoms in total. The van der Waals surface area contributed by atoms with Gasteiger partial charge >= 0.3 is 11.7 Å². The molecule has 1 saturated carbocycles. The summed E-state index contributed by atoms with van der Waals surface area (Å²) in [6.45, 7) is 4.14. The summed E-state index contributed by atoms with van der Waals surface area (Å²) >= 11 is 0.395. The van der Waals surface area contributed by atoms with Crippen LogP contribution in [-0.4, -0.2) is 21.4 Å². The highest BCUT2D eigenvalue weighted by atomic mass is 32.1. The number of primary amides is 1. The minimum Gasteiger partial charge on any atom is -0.365 e. The van der Waals surface area contributed by atoms with Crippen molar-refractivity contribution in [2.24, 2.45) is 11.7 Å². The number of amides is 1. The second-order valence-corrected chi connectivity index (χ2v) is 5.82. The van der Waals surface area contributed by atoms with Gasteiger partial charge in [0.2, 0.25) is 0 Å². The molecular weight excluding hydrogens is 264 g/mol. The third-order valence-corrected chi connectivity index (χ3v) is 3.71. The first-order valence-electron chi connectivity index (χ1n) is 6.12. The fourth-order valence-electron chi connectivity index (χ4n) is 2.03. The summed E-state index contributed by atoms with van der Waals surface area (Å²) in [5, 5.41) is 3.27. The maximum absolute atomic E-state index is 11.4. The fourth-order valence-corrected chi connectivity index (χ4v) is 2.27. The predicted molar refractivity (Wildman–Crippen MR) is 72.7 cm³/mol. The number of nitrogens with one attached hydrogen (secondary N) is 1. The van der Waals surface area contributed by atoms with Gasteiger partial charge in [-0.05, 0) is 32.6 Å². The Balaban J connectivity index is 2.31. The van der Waals surface area contributed by atoms with Gasteiger partial charge < -0.3 is 11.1 Å². The van der Waals surface area contributed by atoms with Gasteiger partial charge in [-0.1, -0.05) is 0 Å². The molecule has 1 aliphatic carbocycles. The Labute approximate surface area is 115 Å². The molecule has 0 bridgehead atoms. The molecule has 1 fully saturated rings. The molecule has 2 rings (SSSR count). The van der Waals surface area contributed by atoms with Crippen molar-refractivity contribution in [1.82, 2.24) is 9.97 Å². The van der Waals surface area contributed by atoms with E-state index in [1.54, 1.807) is 0 Å². The van der Waals surface area contributed by atoms with Gasteiger partial charge in [0.1, 0.15) is 5.82 Å². The average Bonchev–Trinajstić information content (AvgIpc) is 3.12. The molecule has 3 N–H and O–H groups in total. The van der Waals surface area contributed by atoms with E-state index in [9.17, 15) is 9.00 Å². The van der Waals surface area contributed by atoms with Gasteiger partial charge in [0.25, 0.3) is 11.7 Å². The summed E-state index contributed by atoms with van der Waals surface area (Å²) in [7, 11) is 0. The number of carbonyl (C=O) groups is 1. The van der Waals surface area contributed by atoms with Crippen molar-refractivity contribution in [2.75, 3.05) is 5.32 Å². The molecule has 7 heteroatoms. The molecular formula is C12H17N4O2S+. The summed E-state index contributed by atoms with van der Waals surface area (Å²) < 4.78 is 10.6. The second-order valence-electron chi connectivity index (χ2n) is 5.30. The first-order chi connectivity index (χ1) is 8.94. The Kier molecular flexibility index (Phi) is 3.75. The standard InChI is InChI=1S/C12H16N4O2S/c1-12(2,7-3-4-7)16-11-8(10(13)17)5-14-9(15-11)6-19-18/h5,7H,3-4,6H2,1-2H3,(H2-,13,14,15,16,17)/p+1. The number of rotatable bonds is 6. The smallest absolute Gasteiger partial charge is 0.365 e. The summed E-state index contributed by atoms with van der Waals surface area (Å²) in [5.74, 6) is 0.982. The van der Waals surface area contributed by atoms with Gasteiger partial charge in [0.15, 0.2) is 5.82 Å². The zero-order chi connectivity index (χ0) is 14.0. The lowest BCUT2D eigenvalue weighted by Crippen LogP contribution is -2.35. The average molecular weight is 281 g/mol. The topological polar surface area (TPSA) is 98.0 Å². The lowest BCUT2D eigenvalue weighted by atomic mass is 9.98. The molecule has 0 radical (unpaired) electrons. The molecule has 0 saturated heterocycles. The van der Waals surface area contributed by atoms with Crippen molar-refractivity contribution < 1.29 is 9.00 Å². The first kappa shape index (κ1) is 13.8. The minimum atomic E-state index is -0.574. The summed E-state index contributed by atoms with van der Waals surface area (Å²) in [5.41, 5.74) is 5.43. The Morgan fingerprint density at radius 2 is 2.26 bits per heavy atom. The van der Waals surface area contributed by atoms with Crippen LogP contribution in [0.1, 0.15) is 42.9 Å². The summed E-state index contributed by atoms with van der Waals surface area (Å²) in [4.78, 5) is 19.6. The zero-order valence-electron chi connectivity index (χ0n) is 11.0. The first-order valence-corrected chi connectivity index (χ1v) is 7.04. The molecule has 0 spiro atoms. The Bertz CT molecular complexity index is 514. The van der Waals surface area contributed by atoms with E-state index < -0.39 is 5.91 Å². The van der Waals surface area contributed by atoms with Crippen molar-refractivity contribution in [3.8, 4) is 0 Å². The lowest BCUT2D eigenvalue weighted by Gasteiger charge is -2.27. The fraction of sp³-hybridized carbons (Fsp3) is 0.583. The van der Waals surface area contributed by atoms with E-state index >= 15 is 0 Å². The van der Waals surface area contributed by atoms with Gasteiger partial charge in [0, 0.05) is 15.9 Å². The third-order valence-electron chi connectivity index (χ3n) is 3.33. The van der Waals surface area contributed by atoms with Gasteiger partial charge in [-0.2, -0.15) is 0 Å². The molecule has 102 valence electrons. The number of hydrogen-bond acceptors (Lipinski definition) is 5. The second kappa shape index (κ2) is 5.16. The normalized spacial score (nSPS) is 15.1. The van der Waals surface area contributed by atoms with E-state index in [-0.39, 0.29) is 16.9 Å². The molecule has 1 amide bonds. The molecule has 1 heterocycles. The number of hydrogen-bond donors (Lipinski definition) is 2. The van der Waals surface area contributed by atoms with Crippen LogP contribution in [0.4, 0.5) is 5.82 Å². The van der Waals surface area contributed by atoms with Gasteiger partial charge in [-0.15, -0.1) is 0 Å². The number of nitrogens with zero attached hydrogens (tertiary/aromatic N) is 2. The van der Waals surface area contributed by atoms with E-state index in [1.807, 2.05) is 0 Å². The molecule has 0 aliphatic heterocycles. The predicted octanol–water partition coefficient (Wildman–Crippen LogP) is 1.10. The number of aromatic nitrogens is 2. The van der Waals surface area contributed by atoms with Crippen molar-refractivity contribution >= 4 is 23.4 Å². The SMILES string of the molecule is CC(C)(Nc1nc(C[S+]=O)ncc1C(N)=O)C1CC1. The van der Waals surface area contributed by atoms with Crippen molar-refractivity contribution in [2.45, 2.75) is 38.0 Å². The summed E-state index contributed by atoms with van der Waals surface area (Å²) in [6.07, 6.45) is 3.71. The van der Waals surface area contributed by atoms with Crippen LogP contribution in [0.3, 0.4) is 0 Å². The largest absolute Gasteiger partial charge is 0.467 e. The molecule has 1 aromatic rings. The summed E-state index contributed by atoms with van der Waals surface area (Å²) in [6, 6.07) is 0. The quantitative estimate of drug-likeness (QED) is 0.761. The molecule has 0 atom stereocenters. The number of nitrogens with two attached hydrogens (primary N) is 1. The van der Waals surface area contributed by atoms with E-state index in [2.05, 4.69) is 29.1 Å². The maximum atomic E-state index is 11.4. The number of carbonyl (C=O) groups excluding carboxylic acids is 1. The third kappa shape index (κ3) is 3.23. The zero-order valence-corrected chi connectivity index (χ0v) is 11.8. The van der Waals surface area contributed by atoms with Crippen LogP contribution >= 0.6 is 0 Å². The van der Waals surface area contributed by atoms with E-state index in [0.29, 0.717) is 29.2 Å². The van der Waals surface area contributed by atoms with Crippen LogP contribution in [0.25, 0.3) is 0 Å². The van der Waals surface area contributed by atoms with E-state index in [4.69, 9.17) is 5.73 Å². The molecule has 1 aromatic heterocycles. The van der Waals surface area contributed by atoms with Crippen molar-refractivity contribution in [3.05, 3.63) is 17.6 Å². The van der Waals surface area contributed by atoms with Crippen LogP contribution in [0.5, 0.6) is 0 Å². The van der Waals surface area contributed by atoms with Crippen molar-refractivity contribution in [1.29, 1.82) is 0 Å².